The minimum atomic E-state index is -0.621. The molecule has 2 N–H and O–H groups in total. The van der Waals surface area contributed by atoms with Gasteiger partial charge in [0.15, 0.2) is 5.78 Å². The van der Waals surface area contributed by atoms with Crippen LogP contribution in [0.4, 0.5) is 5.69 Å². The zero-order chi connectivity index (χ0) is 14.0. The smallest absolute Gasteiger partial charge is 0.163 e. The summed E-state index contributed by atoms with van der Waals surface area (Å²) in [6, 6.07) is 5.01. The number of likely N-dealkylation sites (N-methyl/N-ethyl adjacent to an activating group) is 1. The van der Waals surface area contributed by atoms with Crippen LogP contribution >= 0.6 is 0 Å². The first kappa shape index (κ1) is 13.9. The van der Waals surface area contributed by atoms with Crippen molar-refractivity contribution in [3.63, 3.8) is 0 Å². The van der Waals surface area contributed by atoms with Crippen LogP contribution < -0.4 is 4.90 Å². The number of carbonyl (C=O) groups excluding carboxylic acids is 1. The highest BCUT2D eigenvalue weighted by atomic mass is 16.3. The van der Waals surface area contributed by atoms with Gasteiger partial charge in [-0.05, 0) is 31.9 Å². The first-order valence-electron chi connectivity index (χ1n) is 6.69. The Balaban J connectivity index is 2.13. The van der Waals surface area contributed by atoms with Crippen LogP contribution in [-0.2, 0) is 0 Å². The monoisotopic (exact) mass is 263 g/mol. The van der Waals surface area contributed by atoms with E-state index in [1.54, 1.807) is 18.2 Å². The molecule has 4 heteroatoms. The second-order valence-electron chi connectivity index (χ2n) is 5.55. The number of ketones is 1. The van der Waals surface area contributed by atoms with Gasteiger partial charge in [-0.2, -0.15) is 0 Å². The van der Waals surface area contributed by atoms with Gasteiger partial charge in [0, 0.05) is 25.3 Å². The Hall–Kier alpha value is -1.55. The topological polar surface area (TPSA) is 60.8 Å². The Labute approximate surface area is 113 Å². The van der Waals surface area contributed by atoms with Gasteiger partial charge in [-0.15, -0.1) is 0 Å². The summed E-state index contributed by atoms with van der Waals surface area (Å²) >= 11 is 0. The average molecular weight is 263 g/mol. The molecule has 0 spiro atoms. The summed E-state index contributed by atoms with van der Waals surface area (Å²) in [4.78, 5) is 13.2. The van der Waals surface area contributed by atoms with Crippen molar-refractivity contribution < 1.29 is 15.0 Å². The number of carbonyl (C=O) groups is 1. The summed E-state index contributed by atoms with van der Waals surface area (Å²) in [7, 11) is 1.89. The average Bonchev–Trinajstić information content (AvgIpc) is 2.75. The van der Waals surface area contributed by atoms with Gasteiger partial charge < -0.3 is 15.1 Å². The molecule has 1 saturated carbocycles. The fraction of sp³-hybridized carbons (Fsp3) is 0.533. The summed E-state index contributed by atoms with van der Waals surface area (Å²) in [5.74, 6) is -0.156. The van der Waals surface area contributed by atoms with E-state index in [1.807, 2.05) is 11.9 Å². The van der Waals surface area contributed by atoms with E-state index in [2.05, 4.69) is 0 Å². The Morgan fingerprint density at radius 1 is 1.37 bits per heavy atom. The van der Waals surface area contributed by atoms with Gasteiger partial charge in [0.05, 0.1) is 11.2 Å². The van der Waals surface area contributed by atoms with Gasteiger partial charge in [0.25, 0.3) is 0 Å². The fourth-order valence-electron chi connectivity index (χ4n) is 2.78. The van der Waals surface area contributed by atoms with Gasteiger partial charge in [-0.1, -0.05) is 12.8 Å². The van der Waals surface area contributed by atoms with E-state index in [1.165, 1.54) is 6.92 Å². The molecule has 0 amide bonds. The lowest BCUT2D eigenvalue weighted by molar-refractivity contribution is 0.0559. The highest BCUT2D eigenvalue weighted by Crippen LogP contribution is 2.32. The normalized spacial score (nSPS) is 17.4. The Morgan fingerprint density at radius 3 is 2.53 bits per heavy atom. The minimum Gasteiger partial charge on any atom is -0.507 e. The van der Waals surface area contributed by atoms with Crippen molar-refractivity contribution >= 4 is 11.5 Å². The maximum Gasteiger partial charge on any atom is 0.163 e. The van der Waals surface area contributed by atoms with Crippen molar-refractivity contribution in [3.05, 3.63) is 23.8 Å². The molecule has 1 aromatic carbocycles. The van der Waals surface area contributed by atoms with Gasteiger partial charge in [0.1, 0.15) is 5.75 Å². The summed E-state index contributed by atoms with van der Waals surface area (Å²) in [5.41, 5.74) is 0.517. The van der Waals surface area contributed by atoms with Crippen molar-refractivity contribution in [3.8, 4) is 5.75 Å². The van der Waals surface area contributed by atoms with E-state index in [4.69, 9.17) is 0 Å². The molecule has 0 saturated heterocycles. The van der Waals surface area contributed by atoms with Crippen molar-refractivity contribution in [1.29, 1.82) is 0 Å². The Kier molecular flexibility index (Phi) is 3.80. The number of nitrogens with zero attached hydrogens (tertiary/aromatic N) is 1. The molecule has 1 aromatic rings. The number of aromatic hydroxyl groups is 1. The maximum absolute atomic E-state index is 11.3. The first-order chi connectivity index (χ1) is 8.91. The standard InChI is InChI=1S/C15H21NO3/c1-11(17)13-6-5-12(9-14(13)18)16(2)10-15(19)7-3-4-8-15/h5-6,9,18-19H,3-4,7-8,10H2,1-2H3. The van der Waals surface area contributed by atoms with Crippen LogP contribution in [-0.4, -0.2) is 35.2 Å². The number of phenols is 1. The van der Waals surface area contributed by atoms with E-state index >= 15 is 0 Å². The van der Waals surface area contributed by atoms with Gasteiger partial charge >= 0.3 is 0 Å². The second kappa shape index (κ2) is 5.21. The van der Waals surface area contributed by atoms with Crippen molar-refractivity contribution in [2.75, 3.05) is 18.5 Å². The van der Waals surface area contributed by atoms with Crippen LogP contribution in [0.15, 0.2) is 18.2 Å². The van der Waals surface area contributed by atoms with Crippen LogP contribution in [0.25, 0.3) is 0 Å². The third kappa shape index (κ3) is 3.07. The summed E-state index contributed by atoms with van der Waals surface area (Å²) in [6.45, 7) is 1.98. The maximum atomic E-state index is 11.3. The van der Waals surface area contributed by atoms with E-state index in [-0.39, 0.29) is 11.5 Å². The van der Waals surface area contributed by atoms with E-state index in [0.29, 0.717) is 12.1 Å². The lowest BCUT2D eigenvalue weighted by Crippen LogP contribution is -2.39. The number of Topliss-reactive ketones (excluding diaryl/α,β-unsaturated/α-hetero) is 1. The molecule has 0 bridgehead atoms. The van der Waals surface area contributed by atoms with Crippen LogP contribution in [0.2, 0.25) is 0 Å². The van der Waals surface area contributed by atoms with E-state index < -0.39 is 5.60 Å². The van der Waals surface area contributed by atoms with Gasteiger partial charge in [-0.25, -0.2) is 0 Å². The molecule has 0 aliphatic heterocycles. The molecule has 0 atom stereocenters. The number of phenolic OH excluding ortho intramolecular Hbond substituents is 1. The predicted molar refractivity (Wildman–Crippen MR) is 74.8 cm³/mol. The highest BCUT2D eigenvalue weighted by molar-refractivity contribution is 5.97. The lowest BCUT2D eigenvalue weighted by Gasteiger charge is -2.30. The third-order valence-corrected chi connectivity index (χ3v) is 3.87. The molecule has 1 aliphatic rings. The molecule has 19 heavy (non-hydrogen) atoms. The quantitative estimate of drug-likeness (QED) is 0.819. The molecular formula is C15H21NO3. The summed E-state index contributed by atoms with van der Waals surface area (Å²) < 4.78 is 0. The first-order valence-corrected chi connectivity index (χ1v) is 6.69. The van der Waals surface area contributed by atoms with Crippen LogP contribution in [0.3, 0.4) is 0 Å². The fourth-order valence-corrected chi connectivity index (χ4v) is 2.78. The number of hydrogen-bond donors (Lipinski definition) is 2. The minimum absolute atomic E-state index is 0.00439. The second-order valence-corrected chi connectivity index (χ2v) is 5.55. The van der Waals surface area contributed by atoms with Crippen LogP contribution in [0.5, 0.6) is 5.75 Å². The van der Waals surface area contributed by atoms with Crippen LogP contribution in [0, 0.1) is 0 Å². The molecule has 0 heterocycles. The van der Waals surface area contributed by atoms with Crippen molar-refractivity contribution in [2.45, 2.75) is 38.2 Å². The zero-order valence-corrected chi connectivity index (χ0v) is 11.5. The largest absolute Gasteiger partial charge is 0.507 e. The Bertz CT molecular complexity index is 478. The molecule has 1 fully saturated rings. The molecule has 0 aromatic heterocycles. The third-order valence-electron chi connectivity index (χ3n) is 3.87. The van der Waals surface area contributed by atoms with Gasteiger partial charge in [-0.3, -0.25) is 4.79 Å². The summed E-state index contributed by atoms with van der Waals surface area (Å²) in [6.07, 6.45) is 3.79. The summed E-state index contributed by atoms with van der Waals surface area (Å²) in [5, 5.41) is 20.2. The molecule has 2 rings (SSSR count). The molecule has 0 unspecified atom stereocenters. The number of hydrogen-bond acceptors (Lipinski definition) is 4. The van der Waals surface area contributed by atoms with Crippen molar-refractivity contribution in [1.82, 2.24) is 0 Å². The van der Waals surface area contributed by atoms with E-state index in [0.717, 1.165) is 31.4 Å². The number of aliphatic hydroxyl groups is 1. The zero-order valence-electron chi connectivity index (χ0n) is 11.5. The predicted octanol–water partition coefficient (Wildman–Crippen LogP) is 2.34. The molecule has 4 nitrogen and oxygen atoms in total. The highest BCUT2D eigenvalue weighted by Gasteiger charge is 2.32. The molecular weight excluding hydrogens is 242 g/mol. The molecule has 104 valence electrons. The number of benzene rings is 1. The lowest BCUT2D eigenvalue weighted by atomic mass is 10.0. The molecule has 1 aliphatic carbocycles. The van der Waals surface area contributed by atoms with E-state index in [9.17, 15) is 15.0 Å². The van der Waals surface area contributed by atoms with Crippen LogP contribution in [0.1, 0.15) is 43.0 Å². The number of anilines is 1. The molecule has 0 radical (unpaired) electrons. The number of rotatable bonds is 4. The SMILES string of the molecule is CC(=O)c1ccc(N(C)CC2(O)CCCC2)cc1O. The Morgan fingerprint density at radius 2 is 2.00 bits per heavy atom. The van der Waals surface area contributed by atoms with Crippen molar-refractivity contribution in [2.24, 2.45) is 0 Å². The van der Waals surface area contributed by atoms with Gasteiger partial charge in [0.2, 0.25) is 0 Å².